The molecular formula is C12H19BrN2O. The first-order valence-electron chi connectivity index (χ1n) is 5.67. The highest BCUT2D eigenvalue weighted by Gasteiger charge is 2.26. The highest BCUT2D eigenvalue weighted by atomic mass is 79.9. The van der Waals surface area contributed by atoms with E-state index < -0.39 is 0 Å². The Hall–Kier alpha value is -0.640. The zero-order valence-electron chi connectivity index (χ0n) is 10.2. The lowest BCUT2D eigenvalue weighted by atomic mass is 9.85. The van der Waals surface area contributed by atoms with Gasteiger partial charge in [-0.15, -0.1) is 0 Å². The van der Waals surface area contributed by atoms with E-state index in [1.807, 2.05) is 6.92 Å². The van der Waals surface area contributed by atoms with Gasteiger partial charge in [-0.25, -0.2) is 4.68 Å². The maximum Gasteiger partial charge on any atom is 0.266 e. The second-order valence-corrected chi connectivity index (χ2v) is 4.87. The smallest absolute Gasteiger partial charge is 0.266 e. The number of nitrogens with zero attached hydrogens (tertiary/aromatic N) is 2. The maximum absolute atomic E-state index is 11.7. The quantitative estimate of drug-likeness (QED) is 0.780. The minimum atomic E-state index is -0.0159. The van der Waals surface area contributed by atoms with Crippen LogP contribution in [0, 0.1) is 12.3 Å². The molecule has 0 spiro atoms. The van der Waals surface area contributed by atoms with E-state index in [0.29, 0.717) is 6.54 Å². The molecule has 0 radical (unpaired) electrons. The van der Waals surface area contributed by atoms with Gasteiger partial charge in [-0.2, -0.15) is 5.10 Å². The molecule has 16 heavy (non-hydrogen) atoms. The number of aryl methyl sites for hydroxylation is 1. The molecule has 0 N–H and O–H groups in total. The van der Waals surface area contributed by atoms with Crippen LogP contribution in [0.25, 0.3) is 0 Å². The average Bonchev–Trinajstić information content (AvgIpc) is 2.31. The van der Waals surface area contributed by atoms with Crippen LogP contribution < -0.4 is 5.56 Å². The van der Waals surface area contributed by atoms with Crippen LogP contribution in [0.1, 0.15) is 32.4 Å². The second kappa shape index (κ2) is 5.62. The Morgan fingerprint density at radius 3 is 2.50 bits per heavy atom. The first-order valence-corrected chi connectivity index (χ1v) is 6.80. The van der Waals surface area contributed by atoms with E-state index in [2.05, 4.69) is 34.9 Å². The zero-order chi connectivity index (χ0) is 12.2. The molecule has 0 unspecified atom stereocenters. The van der Waals surface area contributed by atoms with Crippen LogP contribution in [0.4, 0.5) is 0 Å². The standard InChI is InChI=1S/C12H19BrN2O/c1-4-12(5-2,8-13)9-15-11(16)7-6-10(3)14-15/h6-7H,4-5,8-9H2,1-3H3. The predicted octanol–water partition coefficient (Wildman–Crippen LogP) is 2.75. The van der Waals surface area contributed by atoms with Gasteiger partial charge in [0.2, 0.25) is 0 Å². The molecule has 0 aromatic carbocycles. The first kappa shape index (κ1) is 13.4. The van der Waals surface area contributed by atoms with Crippen molar-refractivity contribution in [3.05, 3.63) is 28.2 Å². The van der Waals surface area contributed by atoms with E-state index in [9.17, 15) is 4.79 Å². The van der Waals surface area contributed by atoms with Crippen LogP contribution in [-0.4, -0.2) is 15.1 Å². The number of alkyl halides is 1. The molecule has 3 nitrogen and oxygen atoms in total. The molecule has 90 valence electrons. The Morgan fingerprint density at radius 1 is 1.38 bits per heavy atom. The van der Waals surface area contributed by atoms with Gasteiger partial charge in [0.15, 0.2) is 0 Å². The topological polar surface area (TPSA) is 34.9 Å². The normalized spacial score (nSPS) is 11.8. The largest absolute Gasteiger partial charge is 0.268 e. The summed E-state index contributed by atoms with van der Waals surface area (Å²) in [5.41, 5.74) is 0.998. The minimum Gasteiger partial charge on any atom is -0.268 e. The van der Waals surface area contributed by atoms with Crippen LogP contribution in [-0.2, 0) is 6.54 Å². The molecule has 0 amide bonds. The Kier molecular flexibility index (Phi) is 4.71. The summed E-state index contributed by atoms with van der Waals surface area (Å²) >= 11 is 3.55. The Bertz CT molecular complexity index is 388. The summed E-state index contributed by atoms with van der Waals surface area (Å²) < 4.78 is 1.59. The van der Waals surface area contributed by atoms with E-state index in [4.69, 9.17) is 0 Å². The van der Waals surface area contributed by atoms with Crippen molar-refractivity contribution in [2.75, 3.05) is 5.33 Å². The molecule has 4 heteroatoms. The second-order valence-electron chi connectivity index (χ2n) is 4.31. The number of hydrogen-bond acceptors (Lipinski definition) is 2. The van der Waals surface area contributed by atoms with Crippen LogP contribution in [0.3, 0.4) is 0 Å². The van der Waals surface area contributed by atoms with Crippen molar-refractivity contribution in [1.29, 1.82) is 0 Å². The fourth-order valence-electron chi connectivity index (χ4n) is 1.69. The number of aromatic nitrogens is 2. The van der Waals surface area contributed by atoms with Crippen LogP contribution >= 0.6 is 15.9 Å². The summed E-state index contributed by atoms with van der Waals surface area (Å²) in [7, 11) is 0. The maximum atomic E-state index is 11.7. The highest BCUT2D eigenvalue weighted by Crippen LogP contribution is 2.30. The van der Waals surface area contributed by atoms with Gasteiger partial charge in [-0.3, -0.25) is 4.79 Å². The third-order valence-electron chi connectivity index (χ3n) is 3.27. The summed E-state index contributed by atoms with van der Waals surface area (Å²) in [6.07, 6.45) is 2.08. The first-order chi connectivity index (χ1) is 7.56. The van der Waals surface area contributed by atoms with E-state index in [-0.39, 0.29) is 11.0 Å². The zero-order valence-corrected chi connectivity index (χ0v) is 11.7. The molecule has 0 bridgehead atoms. The minimum absolute atomic E-state index is 0.0159. The lowest BCUT2D eigenvalue weighted by molar-refractivity contribution is 0.242. The molecule has 1 rings (SSSR count). The van der Waals surface area contributed by atoms with Crippen LogP contribution in [0.5, 0.6) is 0 Å². The van der Waals surface area contributed by atoms with Gasteiger partial charge >= 0.3 is 0 Å². The van der Waals surface area contributed by atoms with Gasteiger partial charge in [0.05, 0.1) is 12.2 Å². The summed E-state index contributed by atoms with van der Waals surface area (Å²) in [6.45, 7) is 6.91. The molecule has 0 saturated heterocycles. The Labute approximate surface area is 105 Å². The van der Waals surface area contributed by atoms with E-state index in [1.54, 1.807) is 16.8 Å². The monoisotopic (exact) mass is 286 g/mol. The highest BCUT2D eigenvalue weighted by molar-refractivity contribution is 9.09. The van der Waals surface area contributed by atoms with E-state index in [1.165, 1.54) is 0 Å². The summed E-state index contributed by atoms with van der Waals surface area (Å²) in [4.78, 5) is 11.7. The number of rotatable bonds is 5. The van der Waals surface area contributed by atoms with Crippen molar-refractivity contribution in [1.82, 2.24) is 9.78 Å². The van der Waals surface area contributed by atoms with Gasteiger partial charge in [-0.05, 0) is 31.2 Å². The van der Waals surface area contributed by atoms with Crippen molar-refractivity contribution in [2.24, 2.45) is 5.41 Å². The molecule has 0 aliphatic rings. The fraction of sp³-hybridized carbons (Fsp3) is 0.667. The summed E-state index contributed by atoms with van der Waals surface area (Å²) in [6, 6.07) is 3.35. The predicted molar refractivity (Wildman–Crippen MR) is 70.0 cm³/mol. The van der Waals surface area contributed by atoms with E-state index >= 15 is 0 Å². The van der Waals surface area contributed by atoms with Crippen LogP contribution in [0.2, 0.25) is 0 Å². The van der Waals surface area contributed by atoms with Crippen molar-refractivity contribution < 1.29 is 0 Å². The fourth-order valence-corrected chi connectivity index (χ4v) is 2.66. The summed E-state index contributed by atoms with van der Waals surface area (Å²) in [5, 5.41) is 5.18. The Morgan fingerprint density at radius 2 is 2.00 bits per heavy atom. The average molecular weight is 287 g/mol. The number of halogens is 1. The molecule has 0 aliphatic heterocycles. The van der Waals surface area contributed by atoms with E-state index in [0.717, 1.165) is 23.9 Å². The van der Waals surface area contributed by atoms with Gasteiger partial charge in [0, 0.05) is 11.4 Å². The molecule has 1 aromatic heterocycles. The lowest BCUT2D eigenvalue weighted by Crippen LogP contribution is -2.34. The van der Waals surface area contributed by atoms with Crippen molar-refractivity contribution >= 4 is 15.9 Å². The molecule has 0 saturated carbocycles. The van der Waals surface area contributed by atoms with Crippen molar-refractivity contribution in [3.63, 3.8) is 0 Å². The molecule has 0 atom stereocenters. The van der Waals surface area contributed by atoms with Gasteiger partial charge in [0.25, 0.3) is 5.56 Å². The van der Waals surface area contributed by atoms with Crippen molar-refractivity contribution in [2.45, 2.75) is 40.2 Å². The third kappa shape index (κ3) is 2.94. The summed E-state index contributed by atoms with van der Waals surface area (Å²) in [5.74, 6) is 0. The SMILES string of the molecule is CCC(CC)(CBr)Cn1nc(C)ccc1=O. The molecule has 1 heterocycles. The van der Waals surface area contributed by atoms with Crippen molar-refractivity contribution in [3.8, 4) is 0 Å². The molecule has 1 aromatic rings. The lowest BCUT2D eigenvalue weighted by Gasteiger charge is -2.29. The molecule has 0 fully saturated rings. The Balaban J connectivity index is 3.02. The molecule has 0 aliphatic carbocycles. The van der Waals surface area contributed by atoms with Gasteiger partial charge in [-0.1, -0.05) is 29.8 Å². The van der Waals surface area contributed by atoms with Gasteiger partial charge < -0.3 is 0 Å². The van der Waals surface area contributed by atoms with Crippen LogP contribution in [0.15, 0.2) is 16.9 Å². The third-order valence-corrected chi connectivity index (χ3v) is 4.46. The number of hydrogen-bond donors (Lipinski definition) is 0. The molecular weight excluding hydrogens is 268 g/mol. The van der Waals surface area contributed by atoms with Gasteiger partial charge in [0.1, 0.15) is 0 Å².